The molecule has 3 nitrogen and oxygen atoms in total. The van der Waals surface area contributed by atoms with Crippen LogP contribution >= 0.6 is 0 Å². The number of rotatable bonds is 6. The summed E-state index contributed by atoms with van der Waals surface area (Å²) in [6, 6.07) is 5.85. The van der Waals surface area contributed by atoms with E-state index in [9.17, 15) is 4.79 Å². The lowest BCUT2D eigenvalue weighted by molar-refractivity contribution is 0.0928. The number of H-pyrrole nitrogens is 1. The summed E-state index contributed by atoms with van der Waals surface area (Å²) >= 11 is 0. The van der Waals surface area contributed by atoms with Crippen LogP contribution in [0.25, 0.3) is 10.9 Å². The third kappa shape index (κ3) is 2.65. The lowest BCUT2D eigenvalue weighted by atomic mass is 9.96. The van der Waals surface area contributed by atoms with Crippen LogP contribution in [0.15, 0.2) is 24.4 Å². The summed E-state index contributed by atoms with van der Waals surface area (Å²) in [4.78, 5) is 15.6. The number of carbonyl (C=O) groups is 1. The summed E-state index contributed by atoms with van der Waals surface area (Å²) in [6.45, 7) is 6.74. The number of carbonyl (C=O) groups excluding carboxylic acids is 1. The topological polar surface area (TPSA) is 42.1 Å². The van der Waals surface area contributed by atoms with Crippen molar-refractivity contribution in [1.82, 2.24) is 4.98 Å². The molecule has 0 aliphatic heterocycles. The van der Waals surface area contributed by atoms with Gasteiger partial charge >= 0.3 is 0 Å². The number of Topliss-reactive ketones (excluding diaryl/α,β-unsaturated/α-hetero) is 1. The smallest absolute Gasteiger partial charge is 0.167 e. The van der Waals surface area contributed by atoms with Gasteiger partial charge in [-0.15, -0.1) is 0 Å². The minimum Gasteiger partial charge on any atom is -0.493 e. The standard InChI is InChI=1S/C16H21NO2/c1-4-9-19-14-8-6-7-13-15(14)12(10-17-13)16(18)11(3)5-2/h6-8,10-11,17H,4-5,9H2,1-3H3. The molecule has 102 valence electrons. The molecule has 0 spiro atoms. The fourth-order valence-electron chi connectivity index (χ4n) is 2.13. The number of hydrogen-bond acceptors (Lipinski definition) is 2. The first kappa shape index (κ1) is 13.7. The highest BCUT2D eigenvalue weighted by Crippen LogP contribution is 2.30. The molecule has 0 saturated carbocycles. The lowest BCUT2D eigenvalue weighted by Gasteiger charge is -2.10. The Morgan fingerprint density at radius 3 is 2.84 bits per heavy atom. The van der Waals surface area contributed by atoms with Gasteiger partial charge in [0.25, 0.3) is 0 Å². The van der Waals surface area contributed by atoms with Crippen molar-refractivity contribution in [3.05, 3.63) is 30.0 Å². The zero-order chi connectivity index (χ0) is 13.8. The van der Waals surface area contributed by atoms with Gasteiger partial charge in [-0.05, 0) is 25.0 Å². The minimum atomic E-state index is 0.0400. The maximum absolute atomic E-state index is 12.4. The van der Waals surface area contributed by atoms with Crippen molar-refractivity contribution in [2.45, 2.75) is 33.6 Å². The van der Waals surface area contributed by atoms with Crippen LogP contribution < -0.4 is 4.74 Å². The maximum atomic E-state index is 12.4. The average molecular weight is 259 g/mol. The van der Waals surface area contributed by atoms with Gasteiger partial charge in [0, 0.05) is 23.2 Å². The number of aromatic amines is 1. The van der Waals surface area contributed by atoms with E-state index in [-0.39, 0.29) is 11.7 Å². The molecule has 1 aromatic carbocycles. The van der Waals surface area contributed by atoms with E-state index in [0.717, 1.165) is 35.1 Å². The molecule has 0 amide bonds. The molecular formula is C16H21NO2. The van der Waals surface area contributed by atoms with Gasteiger partial charge < -0.3 is 9.72 Å². The molecular weight excluding hydrogens is 238 g/mol. The molecule has 0 aliphatic rings. The third-order valence-electron chi connectivity index (χ3n) is 3.45. The second-order valence-corrected chi connectivity index (χ2v) is 4.90. The van der Waals surface area contributed by atoms with Gasteiger partial charge in [-0.1, -0.05) is 26.8 Å². The summed E-state index contributed by atoms with van der Waals surface area (Å²) in [5.41, 5.74) is 1.70. The second-order valence-electron chi connectivity index (χ2n) is 4.90. The van der Waals surface area contributed by atoms with Crippen LogP contribution in [0.5, 0.6) is 5.75 Å². The third-order valence-corrected chi connectivity index (χ3v) is 3.45. The number of ether oxygens (including phenoxy) is 1. The summed E-state index contributed by atoms with van der Waals surface area (Å²) < 4.78 is 5.76. The molecule has 1 atom stereocenters. The van der Waals surface area contributed by atoms with Gasteiger partial charge in [0.1, 0.15) is 5.75 Å². The van der Waals surface area contributed by atoms with E-state index in [4.69, 9.17) is 4.74 Å². The number of hydrogen-bond donors (Lipinski definition) is 1. The molecule has 1 N–H and O–H groups in total. The molecule has 1 aromatic heterocycles. The van der Waals surface area contributed by atoms with E-state index in [0.29, 0.717) is 6.61 Å². The molecule has 0 fully saturated rings. The Kier molecular flexibility index (Phi) is 4.25. The highest BCUT2D eigenvalue weighted by molar-refractivity contribution is 6.10. The molecule has 0 aliphatic carbocycles. The molecule has 0 radical (unpaired) electrons. The first-order chi connectivity index (χ1) is 9.19. The Morgan fingerprint density at radius 2 is 2.16 bits per heavy atom. The van der Waals surface area contributed by atoms with Crippen molar-refractivity contribution in [3.8, 4) is 5.75 Å². The molecule has 2 rings (SSSR count). The van der Waals surface area contributed by atoms with Crippen LogP contribution in [0.2, 0.25) is 0 Å². The Labute approximate surface area is 114 Å². The molecule has 2 aromatic rings. The Balaban J connectivity index is 2.47. The molecule has 0 bridgehead atoms. The Morgan fingerprint density at radius 1 is 1.37 bits per heavy atom. The first-order valence-electron chi connectivity index (χ1n) is 6.96. The van der Waals surface area contributed by atoms with Crippen LogP contribution in [0, 0.1) is 5.92 Å². The minimum absolute atomic E-state index is 0.0400. The zero-order valence-corrected chi connectivity index (χ0v) is 11.8. The van der Waals surface area contributed by atoms with Gasteiger partial charge in [0.2, 0.25) is 0 Å². The largest absolute Gasteiger partial charge is 0.493 e. The van der Waals surface area contributed by atoms with Crippen LogP contribution in [0.1, 0.15) is 44.0 Å². The SMILES string of the molecule is CCCOc1cccc2[nH]cc(C(=O)C(C)CC)c12. The van der Waals surface area contributed by atoms with Crippen LogP contribution in [-0.4, -0.2) is 17.4 Å². The summed E-state index contributed by atoms with van der Waals surface area (Å²) in [5, 5.41) is 0.918. The lowest BCUT2D eigenvalue weighted by Crippen LogP contribution is -2.10. The van der Waals surface area contributed by atoms with E-state index in [1.807, 2.05) is 32.0 Å². The van der Waals surface area contributed by atoms with Crippen LogP contribution in [0.3, 0.4) is 0 Å². The second kappa shape index (κ2) is 5.91. The summed E-state index contributed by atoms with van der Waals surface area (Å²) in [5.74, 6) is 1.02. The van der Waals surface area contributed by atoms with Crippen molar-refractivity contribution in [1.29, 1.82) is 0 Å². The van der Waals surface area contributed by atoms with Crippen molar-refractivity contribution in [2.24, 2.45) is 5.92 Å². The van der Waals surface area contributed by atoms with Crippen molar-refractivity contribution in [2.75, 3.05) is 6.61 Å². The molecule has 1 unspecified atom stereocenters. The normalized spacial score (nSPS) is 12.6. The number of fused-ring (bicyclic) bond motifs is 1. The zero-order valence-electron chi connectivity index (χ0n) is 11.8. The summed E-state index contributed by atoms with van der Waals surface area (Å²) in [6.07, 6.45) is 3.61. The van der Waals surface area contributed by atoms with Crippen LogP contribution in [-0.2, 0) is 0 Å². The van der Waals surface area contributed by atoms with E-state index in [1.54, 1.807) is 6.20 Å². The predicted octanol–water partition coefficient (Wildman–Crippen LogP) is 4.19. The van der Waals surface area contributed by atoms with Crippen molar-refractivity contribution >= 4 is 16.7 Å². The monoisotopic (exact) mass is 259 g/mol. The van der Waals surface area contributed by atoms with Gasteiger partial charge in [0.05, 0.1) is 12.0 Å². The fraction of sp³-hybridized carbons (Fsp3) is 0.438. The molecule has 1 heterocycles. The average Bonchev–Trinajstić information content (AvgIpc) is 2.87. The molecule has 19 heavy (non-hydrogen) atoms. The highest BCUT2D eigenvalue weighted by atomic mass is 16.5. The van der Waals surface area contributed by atoms with Crippen molar-refractivity contribution in [3.63, 3.8) is 0 Å². The van der Waals surface area contributed by atoms with E-state index < -0.39 is 0 Å². The number of benzene rings is 1. The summed E-state index contributed by atoms with van der Waals surface area (Å²) in [7, 11) is 0. The highest BCUT2D eigenvalue weighted by Gasteiger charge is 2.19. The number of aromatic nitrogens is 1. The van der Waals surface area contributed by atoms with E-state index in [2.05, 4.69) is 11.9 Å². The molecule has 3 heteroatoms. The predicted molar refractivity (Wildman–Crippen MR) is 77.9 cm³/mol. The maximum Gasteiger partial charge on any atom is 0.167 e. The molecule has 0 saturated heterocycles. The quantitative estimate of drug-likeness (QED) is 0.790. The van der Waals surface area contributed by atoms with Crippen molar-refractivity contribution < 1.29 is 9.53 Å². The van der Waals surface area contributed by atoms with E-state index in [1.165, 1.54) is 0 Å². The fourth-order valence-corrected chi connectivity index (χ4v) is 2.13. The van der Waals surface area contributed by atoms with Gasteiger partial charge in [-0.3, -0.25) is 4.79 Å². The van der Waals surface area contributed by atoms with E-state index >= 15 is 0 Å². The van der Waals surface area contributed by atoms with Crippen LogP contribution in [0.4, 0.5) is 0 Å². The number of nitrogens with one attached hydrogen (secondary N) is 1. The Hall–Kier alpha value is -1.77. The van der Waals surface area contributed by atoms with Gasteiger partial charge in [-0.2, -0.15) is 0 Å². The Bertz CT molecular complexity index is 571. The van der Waals surface area contributed by atoms with Gasteiger partial charge in [0.15, 0.2) is 5.78 Å². The first-order valence-corrected chi connectivity index (χ1v) is 6.96. The number of ketones is 1. The van der Waals surface area contributed by atoms with Gasteiger partial charge in [-0.25, -0.2) is 0 Å².